The third kappa shape index (κ3) is 4.70. The highest BCUT2D eigenvalue weighted by Gasteiger charge is 2.60. The zero-order chi connectivity index (χ0) is 25.9. The Balaban J connectivity index is 1.16. The Morgan fingerprint density at radius 1 is 1.16 bits per heavy atom. The SMILES string of the molecule is CCOC(=O)C1[C@H]2CN(c3ccc(C(=O)NC4C5CC6CC4CC(O)(C6)C5)c(OCCC(C)C)n3)C[C@@H]12. The van der Waals surface area contributed by atoms with Gasteiger partial charge in [-0.05, 0) is 93.1 Å². The number of hydrogen-bond donors (Lipinski definition) is 2. The Morgan fingerprint density at radius 2 is 1.86 bits per heavy atom. The van der Waals surface area contributed by atoms with Gasteiger partial charge in [-0.3, -0.25) is 9.59 Å². The van der Waals surface area contributed by atoms with Gasteiger partial charge in [0, 0.05) is 19.1 Å². The number of carbonyl (C=O) groups is 2. The molecule has 8 nitrogen and oxygen atoms in total. The van der Waals surface area contributed by atoms with Gasteiger partial charge in [-0.1, -0.05) is 13.8 Å². The summed E-state index contributed by atoms with van der Waals surface area (Å²) < 4.78 is 11.3. The predicted molar refractivity (Wildman–Crippen MR) is 138 cm³/mol. The Morgan fingerprint density at radius 3 is 2.49 bits per heavy atom. The van der Waals surface area contributed by atoms with E-state index in [2.05, 4.69) is 24.1 Å². The smallest absolute Gasteiger partial charge is 0.309 e. The van der Waals surface area contributed by atoms with Crippen LogP contribution in [-0.2, 0) is 9.53 Å². The third-order valence-corrected chi connectivity index (χ3v) is 9.64. The molecule has 2 N–H and O–H groups in total. The summed E-state index contributed by atoms with van der Waals surface area (Å²) in [6.45, 7) is 8.62. The monoisotopic (exact) mass is 511 g/mol. The van der Waals surface area contributed by atoms with Gasteiger partial charge in [0.1, 0.15) is 11.4 Å². The second-order valence-corrected chi connectivity index (χ2v) is 12.8. The molecule has 37 heavy (non-hydrogen) atoms. The fourth-order valence-corrected chi connectivity index (χ4v) is 8.03. The number of amides is 1. The number of piperidine rings is 1. The average molecular weight is 512 g/mol. The number of aliphatic hydroxyl groups is 1. The first-order valence-electron chi connectivity index (χ1n) is 14.3. The van der Waals surface area contributed by atoms with Gasteiger partial charge in [0.05, 0.1) is 24.7 Å². The lowest BCUT2D eigenvalue weighted by atomic mass is 9.52. The molecule has 202 valence electrons. The highest BCUT2D eigenvalue weighted by molar-refractivity contribution is 5.97. The second-order valence-electron chi connectivity index (χ2n) is 12.8. The third-order valence-electron chi connectivity index (χ3n) is 9.64. The highest BCUT2D eigenvalue weighted by atomic mass is 16.5. The van der Waals surface area contributed by atoms with E-state index < -0.39 is 5.60 Å². The topological polar surface area (TPSA) is 101 Å². The Bertz CT molecular complexity index is 1030. The number of anilines is 1. The van der Waals surface area contributed by atoms with E-state index in [1.165, 1.54) is 0 Å². The number of nitrogens with one attached hydrogen (secondary N) is 1. The van der Waals surface area contributed by atoms with E-state index >= 15 is 0 Å². The number of pyridine rings is 1. The van der Waals surface area contributed by atoms with Gasteiger partial charge in [-0.25, -0.2) is 0 Å². The van der Waals surface area contributed by atoms with Gasteiger partial charge in [0.2, 0.25) is 5.88 Å². The van der Waals surface area contributed by atoms with Crippen LogP contribution in [0, 0.1) is 41.4 Å². The van der Waals surface area contributed by atoms with Crippen LogP contribution in [0.15, 0.2) is 12.1 Å². The maximum absolute atomic E-state index is 13.5. The predicted octanol–water partition coefficient (Wildman–Crippen LogP) is 3.42. The van der Waals surface area contributed by atoms with Crippen LogP contribution in [0.4, 0.5) is 5.82 Å². The van der Waals surface area contributed by atoms with Crippen molar-refractivity contribution in [2.45, 2.75) is 70.9 Å². The number of nitrogens with zero attached hydrogens (tertiary/aromatic N) is 2. The fourth-order valence-electron chi connectivity index (χ4n) is 8.03. The van der Waals surface area contributed by atoms with Crippen LogP contribution in [0.3, 0.4) is 0 Å². The van der Waals surface area contributed by atoms with E-state index in [0.29, 0.717) is 60.2 Å². The second kappa shape index (κ2) is 9.44. The molecule has 5 aliphatic carbocycles. The molecule has 4 bridgehead atoms. The lowest BCUT2D eigenvalue weighted by molar-refractivity contribution is -0.145. The summed E-state index contributed by atoms with van der Waals surface area (Å²) in [6, 6.07) is 3.87. The minimum Gasteiger partial charge on any atom is -0.477 e. The van der Waals surface area contributed by atoms with Gasteiger partial charge < -0.3 is 24.8 Å². The summed E-state index contributed by atoms with van der Waals surface area (Å²) in [5, 5.41) is 14.2. The summed E-state index contributed by atoms with van der Waals surface area (Å²) in [6.07, 6.45) is 5.60. The molecule has 0 radical (unpaired) electrons. The average Bonchev–Trinajstić information content (AvgIpc) is 3.33. The first kappa shape index (κ1) is 25.0. The molecule has 5 saturated carbocycles. The zero-order valence-corrected chi connectivity index (χ0v) is 22.3. The molecule has 1 aromatic rings. The number of ether oxygens (including phenoxy) is 2. The quantitative estimate of drug-likeness (QED) is 0.490. The van der Waals surface area contributed by atoms with E-state index in [1.807, 2.05) is 19.1 Å². The number of carbonyl (C=O) groups excluding carboxylic acids is 2. The fraction of sp³-hybridized carbons (Fsp3) is 0.759. The van der Waals surface area contributed by atoms with Gasteiger partial charge >= 0.3 is 5.97 Å². The number of fused-ring (bicyclic) bond motifs is 1. The lowest BCUT2D eigenvalue weighted by Crippen LogP contribution is -2.61. The molecule has 6 aliphatic rings. The van der Waals surface area contributed by atoms with Crippen molar-refractivity contribution in [2.75, 3.05) is 31.2 Å². The summed E-state index contributed by atoms with van der Waals surface area (Å²) >= 11 is 0. The standard InChI is InChI=1S/C29H41N3O5/c1-4-36-28(34)24-21-14-32(15-22(21)24)23-6-5-20(27(30-23)37-8-7-16(2)3)26(33)31-25-18-9-17-10-19(25)13-29(35,11-17)12-18/h5-6,16-19,21-22,24-25,35H,4,7-15H2,1-3H3,(H,31,33)/t17?,18?,19?,21-,22+,24?,25?,29?. The van der Waals surface area contributed by atoms with E-state index in [9.17, 15) is 14.7 Å². The van der Waals surface area contributed by atoms with Crippen LogP contribution < -0.4 is 15.0 Å². The van der Waals surface area contributed by atoms with Crippen LogP contribution in [-0.4, -0.2) is 59.9 Å². The maximum atomic E-state index is 13.5. The Hall–Kier alpha value is -2.35. The molecule has 1 amide bonds. The van der Waals surface area contributed by atoms with Crippen molar-refractivity contribution in [1.82, 2.24) is 10.3 Å². The van der Waals surface area contributed by atoms with E-state index in [-0.39, 0.29) is 23.8 Å². The van der Waals surface area contributed by atoms with Crippen LogP contribution in [0.1, 0.15) is 69.7 Å². The number of hydrogen-bond acceptors (Lipinski definition) is 7. The van der Waals surface area contributed by atoms with Crippen LogP contribution >= 0.6 is 0 Å². The van der Waals surface area contributed by atoms with Crippen molar-refractivity contribution in [1.29, 1.82) is 0 Å². The van der Waals surface area contributed by atoms with Crippen molar-refractivity contribution in [3.05, 3.63) is 17.7 Å². The number of esters is 1. The van der Waals surface area contributed by atoms with E-state index in [1.54, 1.807) is 0 Å². The summed E-state index contributed by atoms with van der Waals surface area (Å²) in [5.41, 5.74) is -0.0387. The lowest BCUT2D eigenvalue weighted by Gasteiger charge is -2.58. The molecule has 3 unspecified atom stereocenters. The minimum atomic E-state index is -0.519. The summed E-state index contributed by atoms with van der Waals surface area (Å²) in [4.78, 5) is 32.7. The molecule has 5 atom stereocenters. The van der Waals surface area contributed by atoms with Crippen LogP contribution in [0.25, 0.3) is 0 Å². The molecule has 0 aromatic carbocycles. The molecule has 0 spiro atoms. The Labute approximate surface area is 219 Å². The van der Waals surface area contributed by atoms with Crippen LogP contribution in [0.2, 0.25) is 0 Å². The molecule has 1 aromatic heterocycles. The first-order valence-corrected chi connectivity index (χ1v) is 14.3. The van der Waals surface area contributed by atoms with Gasteiger partial charge in [0.15, 0.2) is 0 Å². The van der Waals surface area contributed by atoms with Crippen molar-refractivity contribution < 1.29 is 24.2 Å². The highest BCUT2D eigenvalue weighted by Crippen LogP contribution is 2.56. The van der Waals surface area contributed by atoms with Crippen molar-refractivity contribution in [3.63, 3.8) is 0 Å². The molecule has 1 aliphatic heterocycles. The minimum absolute atomic E-state index is 0.0158. The number of aromatic nitrogens is 1. The molecule has 6 fully saturated rings. The normalized spacial score (nSPS) is 37.0. The van der Waals surface area contributed by atoms with Crippen molar-refractivity contribution in [2.24, 2.45) is 41.4 Å². The molecule has 8 heteroatoms. The number of rotatable bonds is 9. The molecular weight excluding hydrogens is 470 g/mol. The molecule has 2 heterocycles. The summed E-state index contributed by atoms with van der Waals surface area (Å²) in [7, 11) is 0. The molecule has 1 saturated heterocycles. The maximum Gasteiger partial charge on any atom is 0.309 e. The molecular formula is C29H41N3O5. The van der Waals surface area contributed by atoms with Crippen LogP contribution in [0.5, 0.6) is 5.88 Å². The largest absolute Gasteiger partial charge is 0.477 e. The van der Waals surface area contributed by atoms with Gasteiger partial charge in [-0.15, -0.1) is 0 Å². The zero-order valence-electron chi connectivity index (χ0n) is 22.3. The molecule has 7 rings (SSSR count). The van der Waals surface area contributed by atoms with Crippen molar-refractivity contribution in [3.8, 4) is 5.88 Å². The Kier molecular flexibility index (Phi) is 6.37. The van der Waals surface area contributed by atoms with E-state index in [4.69, 9.17) is 14.5 Å². The van der Waals surface area contributed by atoms with E-state index in [0.717, 1.165) is 57.4 Å². The van der Waals surface area contributed by atoms with Crippen molar-refractivity contribution >= 4 is 17.7 Å². The first-order chi connectivity index (χ1) is 17.7. The van der Waals surface area contributed by atoms with Gasteiger partial charge in [-0.2, -0.15) is 4.98 Å². The van der Waals surface area contributed by atoms with Gasteiger partial charge in [0.25, 0.3) is 5.91 Å². The summed E-state index contributed by atoms with van der Waals surface area (Å²) in [5.74, 6) is 3.42.